The van der Waals surface area contributed by atoms with E-state index in [0.29, 0.717) is 25.0 Å². The molecule has 3 atom stereocenters. The molecule has 0 bridgehead atoms. The van der Waals surface area contributed by atoms with Crippen LogP contribution in [0.1, 0.15) is 38.7 Å². The molecule has 3 rings (SSSR count). The molecule has 2 heterocycles. The topological polar surface area (TPSA) is 103 Å². The smallest absolute Gasteiger partial charge is 0.222 e. The van der Waals surface area contributed by atoms with Gasteiger partial charge in [0.1, 0.15) is 0 Å². The van der Waals surface area contributed by atoms with Crippen molar-refractivity contribution in [3.8, 4) is 0 Å². The predicted molar refractivity (Wildman–Crippen MR) is 139 cm³/mol. The van der Waals surface area contributed by atoms with Crippen LogP contribution in [0, 0.1) is 0 Å². The summed E-state index contributed by atoms with van der Waals surface area (Å²) in [5, 5.41) is 9.58. The minimum absolute atomic E-state index is 0. The summed E-state index contributed by atoms with van der Waals surface area (Å²) >= 11 is 0. The lowest BCUT2D eigenvalue weighted by atomic mass is 10.2. The van der Waals surface area contributed by atoms with E-state index < -0.39 is 9.84 Å². The van der Waals surface area contributed by atoms with E-state index in [1.165, 1.54) is 5.56 Å². The summed E-state index contributed by atoms with van der Waals surface area (Å²) in [5.41, 5.74) is 1.32. The summed E-state index contributed by atoms with van der Waals surface area (Å²) in [5.74, 6) is 0.778. The van der Waals surface area contributed by atoms with Gasteiger partial charge in [0.2, 0.25) is 5.91 Å². The average Bonchev–Trinajstić information content (AvgIpc) is 3.23. The molecule has 0 saturated carbocycles. The molecule has 2 aliphatic rings. The summed E-state index contributed by atoms with van der Waals surface area (Å²) in [6, 6.07) is 11.0. The number of rotatable bonds is 8. The molecule has 0 aliphatic carbocycles. The number of aliphatic imine (C=N–C) groups is 1. The number of sulfone groups is 1. The number of hydrogen-bond donors (Lipinski definition) is 3. The predicted octanol–water partition coefficient (Wildman–Crippen LogP) is 1.52. The van der Waals surface area contributed by atoms with Crippen LogP contribution < -0.4 is 16.0 Å². The number of hydrogen-bond acceptors (Lipinski definition) is 5. The van der Waals surface area contributed by atoms with Crippen molar-refractivity contribution in [1.82, 2.24) is 20.9 Å². The Morgan fingerprint density at radius 2 is 1.94 bits per heavy atom. The first kappa shape index (κ1) is 26.8. The van der Waals surface area contributed by atoms with Crippen molar-refractivity contribution >= 4 is 45.7 Å². The van der Waals surface area contributed by atoms with Gasteiger partial charge in [0.15, 0.2) is 15.8 Å². The Morgan fingerprint density at radius 3 is 2.59 bits per heavy atom. The van der Waals surface area contributed by atoms with Crippen LogP contribution in [0.25, 0.3) is 0 Å². The Labute approximate surface area is 208 Å². The van der Waals surface area contributed by atoms with Gasteiger partial charge in [0.05, 0.1) is 18.1 Å². The maximum Gasteiger partial charge on any atom is 0.222 e. The van der Waals surface area contributed by atoms with Crippen LogP contribution in [0.5, 0.6) is 0 Å². The molecule has 1 aromatic carbocycles. The van der Waals surface area contributed by atoms with Crippen molar-refractivity contribution in [2.75, 3.05) is 31.1 Å². The molecule has 0 aromatic heterocycles. The maximum atomic E-state index is 12.1. The lowest BCUT2D eigenvalue weighted by molar-refractivity contribution is -0.121. The highest BCUT2D eigenvalue weighted by atomic mass is 127. The SMILES string of the molecule is CCNC(=NCCC(=O)NC1CCS(=O)(=O)C1)NC1CC(C)N(Cc2ccccc2)C1.I. The first-order chi connectivity index (χ1) is 14.8. The van der Waals surface area contributed by atoms with Gasteiger partial charge >= 0.3 is 0 Å². The Bertz CT molecular complexity index is 866. The van der Waals surface area contributed by atoms with Gasteiger partial charge in [-0.2, -0.15) is 0 Å². The minimum atomic E-state index is -2.99. The number of likely N-dealkylation sites (tertiary alicyclic amines) is 1. The Hall–Kier alpha value is -1.40. The summed E-state index contributed by atoms with van der Waals surface area (Å²) in [6.07, 6.45) is 1.78. The number of benzene rings is 1. The highest BCUT2D eigenvalue weighted by Crippen LogP contribution is 2.20. The van der Waals surface area contributed by atoms with Crippen LogP contribution in [-0.4, -0.2) is 74.4 Å². The first-order valence-corrected chi connectivity index (χ1v) is 13.0. The van der Waals surface area contributed by atoms with E-state index >= 15 is 0 Å². The van der Waals surface area contributed by atoms with Crippen LogP contribution in [0.2, 0.25) is 0 Å². The Kier molecular flexibility index (Phi) is 10.7. The molecule has 10 heteroatoms. The van der Waals surface area contributed by atoms with Crippen LogP contribution in [0.3, 0.4) is 0 Å². The van der Waals surface area contributed by atoms with Gasteiger partial charge in [-0.1, -0.05) is 30.3 Å². The Balaban J connectivity index is 0.00000363. The zero-order valence-electron chi connectivity index (χ0n) is 18.9. The van der Waals surface area contributed by atoms with Gasteiger partial charge in [0, 0.05) is 44.2 Å². The fourth-order valence-electron chi connectivity index (χ4n) is 4.23. The fraction of sp³-hybridized carbons (Fsp3) is 0.636. The molecule has 1 amide bonds. The molecule has 2 aliphatic heterocycles. The van der Waals surface area contributed by atoms with Gasteiger partial charge in [-0.15, -0.1) is 24.0 Å². The maximum absolute atomic E-state index is 12.1. The van der Waals surface area contributed by atoms with Crippen LogP contribution in [0.4, 0.5) is 0 Å². The normalized spacial score (nSPS) is 25.2. The lowest BCUT2D eigenvalue weighted by Crippen LogP contribution is -2.44. The van der Waals surface area contributed by atoms with Crippen molar-refractivity contribution in [2.45, 2.75) is 57.8 Å². The summed E-state index contributed by atoms with van der Waals surface area (Å²) in [7, 11) is -2.99. The fourth-order valence-corrected chi connectivity index (χ4v) is 5.91. The Morgan fingerprint density at radius 1 is 1.19 bits per heavy atom. The standard InChI is InChI=1S/C22H35N5O3S.HI/c1-3-23-22(24-11-9-21(28)25-19-10-12-31(29,30)16-19)26-20-13-17(2)27(15-20)14-18-7-5-4-6-8-18;/h4-8,17,19-20H,3,9-16H2,1-2H3,(H,25,28)(H2,23,24,26);1H. The largest absolute Gasteiger partial charge is 0.357 e. The van der Waals surface area contributed by atoms with E-state index in [2.05, 4.69) is 57.0 Å². The highest BCUT2D eigenvalue weighted by molar-refractivity contribution is 14.0. The van der Waals surface area contributed by atoms with Crippen molar-refractivity contribution in [1.29, 1.82) is 0 Å². The van der Waals surface area contributed by atoms with Crippen LogP contribution >= 0.6 is 24.0 Å². The van der Waals surface area contributed by atoms with E-state index in [1.54, 1.807) is 0 Å². The van der Waals surface area contributed by atoms with Crippen molar-refractivity contribution in [3.05, 3.63) is 35.9 Å². The van der Waals surface area contributed by atoms with Crippen molar-refractivity contribution in [3.63, 3.8) is 0 Å². The molecule has 32 heavy (non-hydrogen) atoms. The molecular weight excluding hydrogens is 541 g/mol. The van der Waals surface area contributed by atoms with E-state index in [4.69, 9.17) is 0 Å². The van der Waals surface area contributed by atoms with Gasteiger partial charge in [0.25, 0.3) is 0 Å². The van der Waals surface area contributed by atoms with Crippen LogP contribution in [0.15, 0.2) is 35.3 Å². The second-order valence-corrected chi connectivity index (χ2v) is 10.7. The molecule has 3 unspecified atom stereocenters. The summed E-state index contributed by atoms with van der Waals surface area (Å²) in [6.45, 7) is 7.25. The first-order valence-electron chi connectivity index (χ1n) is 11.2. The number of halogens is 1. The molecule has 2 fully saturated rings. The lowest BCUT2D eigenvalue weighted by Gasteiger charge is -2.21. The molecule has 0 spiro atoms. The molecule has 1 aromatic rings. The zero-order chi connectivity index (χ0) is 22.3. The van der Waals surface area contributed by atoms with E-state index in [-0.39, 0.29) is 53.9 Å². The quantitative estimate of drug-likeness (QED) is 0.246. The number of guanidine groups is 1. The molecular formula is C22H36IN5O3S. The third-order valence-corrected chi connectivity index (χ3v) is 7.59. The average molecular weight is 578 g/mol. The van der Waals surface area contributed by atoms with Gasteiger partial charge in [-0.05, 0) is 32.3 Å². The molecule has 180 valence electrons. The number of carbonyl (C=O) groups is 1. The molecule has 0 radical (unpaired) electrons. The number of carbonyl (C=O) groups excluding carboxylic acids is 1. The van der Waals surface area contributed by atoms with Gasteiger partial charge in [-0.3, -0.25) is 14.7 Å². The zero-order valence-corrected chi connectivity index (χ0v) is 22.1. The van der Waals surface area contributed by atoms with E-state index in [9.17, 15) is 13.2 Å². The number of nitrogens with one attached hydrogen (secondary N) is 3. The monoisotopic (exact) mass is 577 g/mol. The number of amides is 1. The van der Waals surface area contributed by atoms with Crippen molar-refractivity contribution in [2.24, 2.45) is 4.99 Å². The molecule has 8 nitrogen and oxygen atoms in total. The van der Waals surface area contributed by atoms with E-state index in [0.717, 1.165) is 32.0 Å². The third kappa shape index (κ3) is 8.51. The van der Waals surface area contributed by atoms with Crippen molar-refractivity contribution < 1.29 is 13.2 Å². The highest BCUT2D eigenvalue weighted by Gasteiger charge is 2.30. The number of nitrogens with zero attached hydrogens (tertiary/aromatic N) is 2. The second kappa shape index (κ2) is 12.7. The summed E-state index contributed by atoms with van der Waals surface area (Å²) < 4.78 is 23.0. The second-order valence-electron chi connectivity index (χ2n) is 8.52. The van der Waals surface area contributed by atoms with Gasteiger partial charge in [-0.25, -0.2) is 8.42 Å². The molecule has 2 saturated heterocycles. The summed E-state index contributed by atoms with van der Waals surface area (Å²) in [4.78, 5) is 19.2. The van der Waals surface area contributed by atoms with Gasteiger partial charge < -0.3 is 16.0 Å². The molecule has 3 N–H and O–H groups in total. The van der Waals surface area contributed by atoms with E-state index in [1.807, 2.05) is 13.0 Å². The van der Waals surface area contributed by atoms with Crippen LogP contribution in [-0.2, 0) is 21.2 Å². The minimum Gasteiger partial charge on any atom is -0.357 e. The third-order valence-electron chi connectivity index (χ3n) is 5.82.